The monoisotopic (exact) mass is 279 g/mol. The van der Waals surface area contributed by atoms with E-state index in [-0.39, 0.29) is 10.2 Å². The Morgan fingerprint density at radius 2 is 2.13 bits per heavy atom. The lowest BCUT2D eigenvalue weighted by Gasteiger charge is -2.11. The molecule has 0 bridgehead atoms. The highest BCUT2D eigenvalue weighted by atomic mass is 79.9. The molecular weight excluding hydrogens is 268 g/mol. The van der Waals surface area contributed by atoms with Gasteiger partial charge in [-0.25, -0.2) is 8.78 Å². The molecule has 1 aromatic carbocycles. The molecule has 84 valence electrons. The molecule has 0 amide bonds. The first-order chi connectivity index (χ1) is 7.11. The van der Waals surface area contributed by atoms with Crippen LogP contribution in [0.2, 0.25) is 0 Å². The van der Waals surface area contributed by atoms with E-state index in [1.807, 2.05) is 0 Å². The molecule has 1 rings (SSSR count). The van der Waals surface area contributed by atoms with Crippen LogP contribution in [0.3, 0.4) is 0 Å². The van der Waals surface area contributed by atoms with Gasteiger partial charge in [0.1, 0.15) is 17.4 Å². The Morgan fingerprint density at radius 3 is 2.67 bits per heavy atom. The summed E-state index contributed by atoms with van der Waals surface area (Å²) in [4.78, 5) is 0. The second-order valence-corrected chi connectivity index (χ2v) is 3.85. The van der Waals surface area contributed by atoms with Gasteiger partial charge in [0.2, 0.25) is 0 Å². The van der Waals surface area contributed by atoms with Gasteiger partial charge in [0.05, 0.1) is 11.6 Å². The summed E-state index contributed by atoms with van der Waals surface area (Å²) in [6, 6.07) is 1.17. The number of methoxy groups -OCH3 is 1. The van der Waals surface area contributed by atoms with Crippen molar-refractivity contribution in [3.8, 4) is 5.75 Å². The predicted molar refractivity (Wildman–Crippen MR) is 58.0 cm³/mol. The average Bonchev–Trinajstić information content (AvgIpc) is 2.24. The Bertz CT molecular complexity index is 358. The van der Waals surface area contributed by atoms with Gasteiger partial charge in [0, 0.05) is 11.6 Å². The molecule has 0 unspecified atom stereocenters. The van der Waals surface area contributed by atoms with Crippen LogP contribution in [0, 0.1) is 11.6 Å². The van der Waals surface area contributed by atoms with E-state index < -0.39 is 11.6 Å². The third-order valence-electron chi connectivity index (χ3n) is 2.07. The fourth-order valence-electron chi connectivity index (χ4n) is 1.30. The highest BCUT2D eigenvalue weighted by molar-refractivity contribution is 9.10. The molecule has 1 aromatic rings. The largest absolute Gasteiger partial charge is 0.496 e. The molecule has 0 heterocycles. The summed E-state index contributed by atoms with van der Waals surface area (Å²) in [5.41, 5.74) is 5.69. The Kier molecular flexibility index (Phi) is 4.47. The Labute approximate surface area is 95.5 Å². The molecule has 0 saturated carbocycles. The van der Waals surface area contributed by atoms with Gasteiger partial charge in [0.15, 0.2) is 0 Å². The van der Waals surface area contributed by atoms with Gasteiger partial charge < -0.3 is 10.5 Å². The molecule has 15 heavy (non-hydrogen) atoms. The van der Waals surface area contributed by atoms with E-state index in [0.29, 0.717) is 24.9 Å². The second kappa shape index (κ2) is 5.42. The van der Waals surface area contributed by atoms with Gasteiger partial charge in [-0.2, -0.15) is 0 Å². The number of hydrogen-bond acceptors (Lipinski definition) is 2. The van der Waals surface area contributed by atoms with Crippen LogP contribution in [0.5, 0.6) is 5.75 Å². The second-order valence-electron chi connectivity index (χ2n) is 3.06. The van der Waals surface area contributed by atoms with E-state index in [4.69, 9.17) is 10.5 Å². The fraction of sp³-hybridized carbons (Fsp3) is 0.400. The van der Waals surface area contributed by atoms with Crippen LogP contribution in [0.25, 0.3) is 0 Å². The molecule has 0 aliphatic carbocycles. The van der Waals surface area contributed by atoms with Crippen molar-refractivity contribution in [1.82, 2.24) is 0 Å². The van der Waals surface area contributed by atoms with Crippen LogP contribution in [-0.4, -0.2) is 13.7 Å². The van der Waals surface area contributed by atoms with Crippen LogP contribution in [0.15, 0.2) is 10.5 Å². The van der Waals surface area contributed by atoms with Crippen molar-refractivity contribution in [2.75, 3.05) is 13.7 Å². The highest BCUT2D eigenvalue weighted by Crippen LogP contribution is 2.31. The fourth-order valence-corrected chi connectivity index (χ4v) is 1.66. The van der Waals surface area contributed by atoms with Gasteiger partial charge >= 0.3 is 0 Å². The quantitative estimate of drug-likeness (QED) is 0.860. The van der Waals surface area contributed by atoms with Crippen LogP contribution in [-0.2, 0) is 6.42 Å². The Hall–Kier alpha value is -0.680. The molecule has 0 radical (unpaired) electrons. The summed E-state index contributed by atoms with van der Waals surface area (Å²) in [5.74, 6) is -1.05. The third-order valence-corrected chi connectivity index (χ3v) is 2.80. The summed E-state index contributed by atoms with van der Waals surface area (Å²) < 4.78 is 31.5. The predicted octanol–water partition coefficient (Wildman–Crippen LogP) is 2.63. The smallest absolute Gasteiger partial charge is 0.147 e. The molecule has 0 saturated heterocycles. The van der Waals surface area contributed by atoms with Crippen LogP contribution in [0.1, 0.15) is 12.0 Å². The van der Waals surface area contributed by atoms with Crippen molar-refractivity contribution in [1.29, 1.82) is 0 Å². The maximum absolute atomic E-state index is 13.6. The minimum atomic E-state index is -0.666. The number of hydrogen-bond donors (Lipinski definition) is 1. The first-order valence-corrected chi connectivity index (χ1v) is 5.31. The lowest BCUT2D eigenvalue weighted by molar-refractivity contribution is 0.398. The average molecular weight is 280 g/mol. The number of halogens is 3. The zero-order valence-corrected chi connectivity index (χ0v) is 9.90. The molecule has 0 aromatic heterocycles. The van der Waals surface area contributed by atoms with Crippen molar-refractivity contribution in [3.05, 3.63) is 27.7 Å². The molecule has 0 spiro atoms. The van der Waals surface area contributed by atoms with Gasteiger partial charge in [-0.05, 0) is 35.3 Å². The molecule has 5 heteroatoms. The maximum Gasteiger partial charge on any atom is 0.147 e. The lowest BCUT2D eigenvalue weighted by Crippen LogP contribution is -2.04. The maximum atomic E-state index is 13.6. The summed E-state index contributed by atoms with van der Waals surface area (Å²) in [6.45, 7) is 0.456. The first-order valence-electron chi connectivity index (χ1n) is 4.52. The van der Waals surface area contributed by atoms with Crippen LogP contribution < -0.4 is 10.5 Å². The topological polar surface area (TPSA) is 35.2 Å². The summed E-state index contributed by atoms with van der Waals surface area (Å²) in [5, 5.41) is 0. The van der Waals surface area contributed by atoms with E-state index in [1.165, 1.54) is 13.2 Å². The molecular formula is C10H12BrF2NO. The third kappa shape index (κ3) is 2.66. The Morgan fingerprint density at radius 1 is 1.47 bits per heavy atom. The zero-order valence-electron chi connectivity index (χ0n) is 8.32. The number of nitrogens with two attached hydrogens (primary N) is 1. The van der Waals surface area contributed by atoms with Gasteiger partial charge in [-0.1, -0.05) is 0 Å². The number of benzene rings is 1. The molecule has 0 aliphatic heterocycles. The molecule has 2 N–H and O–H groups in total. The minimum Gasteiger partial charge on any atom is -0.496 e. The van der Waals surface area contributed by atoms with Crippen molar-refractivity contribution in [2.24, 2.45) is 5.73 Å². The van der Waals surface area contributed by atoms with Gasteiger partial charge in [-0.3, -0.25) is 0 Å². The van der Waals surface area contributed by atoms with Gasteiger partial charge in [-0.15, -0.1) is 0 Å². The lowest BCUT2D eigenvalue weighted by atomic mass is 10.1. The van der Waals surface area contributed by atoms with E-state index in [0.717, 1.165) is 0 Å². The van der Waals surface area contributed by atoms with Crippen molar-refractivity contribution < 1.29 is 13.5 Å². The highest BCUT2D eigenvalue weighted by Gasteiger charge is 2.16. The normalized spacial score (nSPS) is 10.5. The first kappa shape index (κ1) is 12.4. The molecule has 0 atom stereocenters. The van der Waals surface area contributed by atoms with E-state index in [9.17, 15) is 8.78 Å². The SMILES string of the molecule is COc1cc(F)c(Br)c(F)c1CCCN. The standard InChI is InChI=1S/C10H12BrF2NO/c1-15-8-5-7(12)9(11)10(13)6(8)3-2-4-14/h5H,2-4,14H2,1H3. The zero-order chi connectivity index (χ0) is 11.4. The van der Waals surface area contributed by atoms with E-state index in [1.54, 1.807) is 0 Å². The van der Waals surface area contributed by atoms with E-state index in [2.05, 4.69) is 15.9 Å². The Balaban J connectivity index is 3.15. The molecule has 0 fully saturated rings. The van der Waals surface area contributed by atoms with Crippen LogP contribution >= 0.6 is 15.9 Å². The summed E-state index contributed by atoms with van der Waals surface area (Å²) in [7, 11) is 1.38. The summed E-state index contributed by atoms with van der Waals surface area (Å²) >= 11 is 2.85. The van der Waals surface area contributed by atoms with Crippen molar-refractivity contribution >= 4 is 15.9 Å². The van der Waals surface area contributed by atoms with Crippen LogP contribution in [0.4, 0.5) is 8.78 Å². The van der Waals surface area contributed by atoms with Gasteiger partial charge in [0.25, 0.3) is 0 Å². The van der Waals surface area contributed by atoms with Crippen molar-refractivity contribution in [3.63, 3.8) is 0 Å². The number of ether oxygens (including phenoxy) is 1. The number of rotatable bonds is 4. The molecule has 0 aliphatic rings. The van der Waals surface area contributed by atoms with E-state index >= 15 is 0 Å². The summed E-state index contributed by atoms with van der Waals surface area (Å²) in [6.07, 6.45) is 1.07. The molecule has 2 nitrogen and oxygen atoms in total. The van der Waals surface area contributed by atoms with Crippen molar-refractivity contribution in [2.45, 2.75) is 12.8 Å². The minimum absolute atomic E-state index is 0.157.